The molecule has 0 atom stereocenters. The molecule has 0 spiro atoms. The summed E-state index contributed by atoms with van der Waals surface area (Å²) in [5.41, 5.74) is 0.791. The van der Waals surface area contributed by atoms with Crippen LogP contribution in [-0.4, -0.2) is 28.0 Å². The van der Waals surface area contributed by atoms with Crippen molar-refractivity contribution < 1.29 is 23.8 Å². The number of fused-ring (bicyclic) bond motifs is 1. The van der Waals surface area contributed by atoms with Crippen LogP contribution in [-0.2, 0) is 16.1 Å². The number of aromatic nitrogens is 1. The summed E-state index contributed by atoms with van der Waals surface area (Å²) in [6, 6.07) is 13.2. The van der Waals surface area contributed by atoms with Crippen molar-refractivity contribution in [2.45, 2.75) is 59.4 Å². The number of benzene rings is 2. The number of amides is 1. The van der Waals surface area contributed by atoms with Gasteiger partial charge < -0.3 is 14.2 Å². The van der Waals surface area contributed by atoms with Gasteiger partial charge in [-0.1, -0.05) is 30.3 Å². The highest BCUT2D eigenvalue weighted by molar-refractivity contribution is 14.1. The van der Waals surface area contributed by atoms with E-state index in [1.165, 1.54) is 4.57 Å². The number of anilines is 1. The number of hydrogen-bond acceptors (Lipinski definition) is 5. The van der Waals surface area contributed by atoms with E-state index in [1.54, 1.807) is 39.1 Å². The van der Waals surface area contributed by atoms with E-state index in [0.29, 0.717) is 23.6 Å². The zero-order chi connectivity index (χ0) is 24.4. The Morgan fingerprint density at radius 2 is 1.61 bits per heavy atom. The smallest absolute Gasteiger partial charge is 0.419 e. The summed E-state index contributed by atoms with van der Waals surface area (Å²) in [6.45, 7) is 11.1. The van der Waals surface area contributed by atoms with Gasteiger partial charge in [-0.25, -0.2) is 14.2 Å². The van der Waals surface area contributed by atoms with Crippen molar-refractivity contribution in [2.24, 2.45) is 0 Å². The quantitative estimate of drug-likeness (QED) is 0.347. The topological polar surface area (TPSA) is 78.8 Å². The minimum Gasteiger partial charge on any atom is -0.487 e. The summed E-state index contributed by atoms with van der Waals surface area (Å²) < 4.78 is 19.3. The fraction of sp³-hybridized carbons (Fsp3) is 0.360. The van der Waals surface area contributed by atoms with Gasteiger partial charge in [0.1, 0.15) is 29.1 Å². The predicted molar refractivity (Wildman–Crippen MR) is 137 cm³/mol. The molecule has 0 radical (unpaired) electrons. The third-order valence-electron chi connectivity index (χ3n) is 4.33. The second kappa shape index (κ2) is 9.62. The molecule has 0 fully saturated rings. The normalized spacial score (nSPS) is 11.8. The van der Waals surface area contributed by atoms with Crippen LogP contribution in [0.1, 0.15) is 47.1 Å². The summed E-state index contributed by atoms with van der Waals surface area (Å²) in [5.74, 6) is 0.441. The maximum Gasteiger partial charge on any atom is 0.419 e. The molecular formula is C25H29IN2O5. The van der Waals surface area contributed by atoms with E-state index >= 15 is 0 Å². The maximum atomic E-state index is 12.9. The molecule has 0 saturated carbocycles. The Labute approximate surface area is 207 Å². The first kappa shape index (κ1) is 24.9. The van der Waals surface area contributed by atoms with Crippen LogP contribution in [0, 0.1) is 3.57 Å². The molecular weight excluding hydrogens is 535 g/mol. The van der Waals surface area contributed by atoms with Crippen LogP contribution in [0.25, 0.3) is 10.9 Å². The molecule has 7 nitrogen and oxygen atoms in total. The van der Waals surface area contributed by atoms with Crippen LogP contribution in [0.5, 0.6) is 5.75 Å². The molecule has 0 saturated heterocycles. The highest BCUT2D eigenvalue weighted by Gasteiger charge is 2.24. The van der Waals surface area contributed by atoms with Gasteiger partial charge in [0, 0.05) is 21.2 Å². The minimum atomic E-state index is -0.649. The van der Waals surface area contributed by atoms with Crippen LogP contribution in [0.2, 0.25) is 0 Å². The average molecular weight is 564 g/mol. The lowest BCUT2D eigenvalue weighted by molar-refractivity contribution is 0.0542. The monoisotopic (exact) mass is 564 g/mol. The SMILES string of the molecule is CC(C)(C)OC(=O)Nc1cc(OCc2ccccc2)c2c(ccn2C(=O)OC(C)(C)C)c1I. The van der Waals surface area contributed by atoms with E-state index in [0.717, 1.165) is 14.5 Å². The maximum absolute atomic E-state index is 12.9. The Hall–Kier alpha value is -2.75. The Balaban J connectivity index is 2.04. The predicted octanol–water partition coefficient (Wildman–Crippen LogP) is 6.96. The molecule has 8 heteroatoms. The third-order valence-corrected chi connectivity index (χ3v) is 5.49. The Kier molecular flexibility index (Phi) is 7.26. The van der Waals surface area contributed by atoms with Gasteiger partial charge in [-0.15, -0.1) is 0 Å². The van der Waals surface area contributed by atoms with Crippen LogP contribution >= 0.6 is 22.6 Å². The van der Waals surface area contributed by atoms with Crippen LogP contribution in [0.15, 0.2) is 48.7 Å². The first-order valence-corrected chi connectivity index (χ1v) is 11.7. The molecule has 176 valence electrons. The molecule has 0 unspecified atom stereocenters. The molecule has 1 amide bonds. The van der Waals surface area contributed by atoms with Gasteiger partial charge in [0.25, 0.3) is 0 Å². The van der Waals surface area contributed by atoms with Crippen LogP contribution in [0.3, 0.4) is 0 Å². The van der Waals surface area contributed by atoms with Crippen molar-refractivity contribution in [1.29, 1.82) is 0 Å². The number of carbonyl (C=O) groups excluding carboxylic acids is 2. The Bertz CT molecular complexity index is 1160. The molecule has 0 aliphatic heterocycles. The van der Waals surface area contributed by atoms with Crippen LogP contribution < -0.4 is 10.1 Å². The second-order valence-corrected chi connectivity index (χ2v) is 10.6. The molecule has 3 aromatic rings. The lowest BCUT2D eigenvalue weighted by Crippen LogP contribution is -2.27. The zero-order valence-corrected chi connectivity index (χ0v) is 21.8. The van der Waals surface area contributed by atoms with E-state index in [-0.39, 0.29) is 0 Å². The summed E-state index contributed by atoms with van der Waals surface area (Å²) >= 11 is 2.14. The standard InChI is InChI=1S/C25H29IN2O5/c1-24(2,3)32-22(29)27-18-14-19(31-15-16-10-8-7-9-11-16)21-17(20(18)26)12-13-28(21)23(30)33-25(4,5)6/h7-14H,15H2,1-6H3,(H,27,29). The summed E-state index contributed by atoms with van der Waals surface area (Å²) in [7, 11) is 0. The first-order valence-electron chi connectivity index (χ1n) is 10.6. The lowest BCUT2D eigenvalue weighted by atomic mass is 10.2. The average Bonchev–Trinajstić information content (AvgIpc) is 3.13. The van der Waals surface area contributed by atoms with Gasteiger partial charge in [-0.3, -0.25) is 5.32 Å². The number of nitrogens with zero attached hydrogens (tertiary/aromatic N) is 1. The largest absolute Gasteiger partial charge is 0.487 e. The summed E-state index contributed by atoms with van der Waals surface area (Å²) in [5, 5.41) is 3.55. The van der Waals surface area contributed by atoms with Crippen molar-refractivity contribution in [1.82, 2.24) is 4.57 Å². The first-order chi connectivity index (χ1) is 15.3. The van der Waals surface area contributed by atoms with Crippen molar-refractivity contribution in [3.8, 4) is 5.75 Å². The Morgan fingerprint density at radius 1 is 0.970 bits per heavy atom. The van der Waals surface area contributed by atoms with Crippen molar-refractivity contribution >= 4 is 51.4 Å². The fourth-order valence-corrected chi connectivity index (χ4v) is 3.81. The number of hydrogen-bond donors (Lipinski definition) is 1. The molecule has 0 aliphatic carbocycles. The van der Waals surface area contributed by atoms with E-state index < -0.39 is 23.4 Å². The number of halogens is 1. The van der Waals surface area contributed by atoms with Gasteiger partial charge in [0.05, 0.1) is 5.69 Å². The van der Waals surface area contributed by atoms with Crippen LogP contribution in [0.4, 0.5) is 15.3 Å². The van der Waals surface area contributed by atoms with E-state index in [1.807, 2.05) is 51.1 Å². The lowest BCUT2D eigenvalue weighted by Gasteiger charge is -2.21. The zero-order valence-electron chi connectivity index (χ0n) is 19.7. The van der Waals surface area contributed by atoms with Gasteiger partial charge in [0.2, 0.25) is 0 Å². The van der Waals surface area contributed by atoms with Crippen molar-refractivity contribution in [3.63, 3.8) is 0 Å². The number of rotatable bonds is 4. The molecule has 1 N–H and O–H groups in total. The molecule has 1 aromatic heterocycles. The van der Waals surface area contributed by atoms with Gasteiger partial charge in [0.15, 0.2) is 0 Å². The fourth-order valence-electron chi connectivity index (χ4n) is 3.08. The number of ether oxygens (including phenoxy) is 3. The number of nitrogens with one attached hydrogen (secondary N) is 1. The Morgan fingerprint density at radius 3 is 2.21 bits per heavy atom. The van der Waals surface area contributed by atoms with E-state index in [4.69, 9.17) is 14.2 Å². The molecule has 0 aliphatic rings. The third kappa shape index (κ3) is 6.63. The van der Waals surface area contributed by atoms with E-state index in [2.05, 4.69) is 27.9 Å². The minimum absolute atomic E-state index is 0.294. The summed E-state index contributed by atoms with van der Waals surface area (Å²) in [6.07, 6.45) is 0.569. The highest BCUT2D eigenvalue weighted by atomic mass is 127. The summed E-state index contributed by atoms with van der Waals surface area (Å²) in [4.78, 5) is 25.3. The second-order valence-electron chi connectivity index (χ2n) is 9.57. The van der Waals surface area contributed by atoms with Gasteiger partial charge in [-0.2, -0.15) is 0 Å². The van der Waals surface area contributed by atoms with E-state index in [9.17, 15) is 9.59 Å². The van der Waals surface area contributed by atoms with Gasteiger partial charge in [-0.05, 0) is 75.8 Å². The van der Waals surface area contributed by atoms with Gasteiger partial charge >= 0.3 is 12.2 Å². The van der Waals surface area contributed by atoms with Crippen molar-refractivity contribution in [3.05, 3.63) is 57.8 Å². The van der Waals surface area contributed by atoms with Crippen molar-refractivity contribution in [2.75, 3.05) is 5.32 Å². The molecule has 2 aromatic carbocycles. The molecule has 33 heavy (non-hydrogen) atoms. The highest BCUT2D eigenvalue weighted by Crippen LogP contribution is 2.37. The molecule has 1 heterocycles. The number of carbonyl (C=O) groups is 2. The molecule has 0 bridgehead atoms. The molecule has 3 rings (SSSR count).